The lowest BCUT2D eigenvalue weighted by Crippen LogP contribution is -2.47. The summed E-state index contributed by atoms with van der Waals surface area (Å²) in [7, 11) is 0. The standard InChI is InChI=1S/C20H36/c1-15-9-13-20(4)17(14-15)8-7-16-6-5-11-19(2,3)12-10-18(16)20/h15-18H,5-14H2,1-4H3. The molecule has 20 heavy (non-hydrogen) atoms. The van der Waals surface area contributed by atoms with Gasteiger partial charge < -0.3 is 0 Å². The molecule has 0 heteroatoms. The number of hydrogen-bond acceptors (Lipinski definition) is 0. The first-order valence-corrected chi connectivity index (χ1v) is 9.41. The highest BCUT2D eigenvalue weighted by Crippen LogP contribution is 2.59. The van der Waals surface area contributed by atoms with Crippen LogP contribution in [0.3, 0.4) is 0 Å². The third-order valence-corrected chi connectivity index (χ3v) is 7.66. The number of rotatable bonds is 0. The molecule has 0 aromatic carbocycles. The molecule has 3 fully saturated rings. The van der Waals surface area contributed by atoms with Crippen molar-refractivity contribution in [2.45, 2.75) is 91.9 Å². The lowest BCUT2D eigenvalue weighted by molar-refractivity contribution is -0.0634. The van der Waals surface area contributed by atoms with Gasteiger partial charge in [-0.25, -0.2) is 0 Å². The average Bonchev–Trinajstić information content (AvgIpc) is 2.36. The minimum Gasteiger partial charge on any atom is -0.0625 e. The maximum absolute atomic E-state index is 2.69. The van der Waals surface area contributed by atoms with Crippen molar-refractivity contribution >= 4 is 0 Å². The second-order valence-electron chi connectivity index (χ2n) is 9.62. The molecule has 5 atom stereocenters. The number of fused-ring (bicyclic) bond motifs is 3. The fourth-order valence-corrected chi connectivity index (χ4v) is 6.15. The summed E-state index contributed by atoms with van der Waals surface area (Å²) in [6.45, 7) is 10.2. The monoisotopic (exact) mass is 276 g/mol. The van der Waals surface area contributed by atoms with E-state index in [2.05, 4.69) is 27.7 Å². The van der Waals surface area contributed by atoms with Gasteiger partial charge in [0.25, 0.3) is 0 Å². The van der Waals surface area contributed by atoms with Crippen LogP contribution in [0.2, 0.25) is 0 Å². The number of hydrogen-bond donors (Lipinski definition) is 0. The van der Waals surface area contributed by atoms with Crippen LogP contribution >= 0.6 is 0 Å². The summed E-state index contributed by atoms with van der Waals surface area (Å²) in [4.78, 5) is 0. The van der Waals surface area contributed by atoms with E-state index in [4.69, 9.17) is 0 Å². The van der Waals surface area contributed by atoms with Gasteiger partial charge in [-0.1, -0.05) is 47.0 Å². The summed E-state index contributed by atoms with van der Waals surface area (Å²) in [6.07, 6.45) is 15.2. The van der Waals surface area contributed by atoms with E-state index in [-0.39, 0.29) is 0 Å². The third-order valence-electron chi connectivity index (χ3n) is 7.66. The van der Waals surface area contributed by atoms with E-state index >= 15 is 0 Å². The van der Waals surface area contributed by atoms with Crippen LogP contribution in [0.5, 0.6) is 0 Å². The maximum atomic E-state index is 2.69. The quantitative estimate of drug-likeness (QED) is 0.477. The van der Waals surface area contributed by atoms with Crippen molar-refractivity contribution in [2.75, 3.05) is 0 Å². The van der Waals surface area contributed by atoms with Crippen LogP contribution in [-0.4, -0.2) is 0 Å². The molecule has 0 bridgehead atoms. The van der Waals surface area contributed by atoms with E-state index < -0.39 is 0 Å². The summed E-state index contributed by atoms with van der Waals surface area (Å²) in [5, 5.41) is 0. The Morgan fingerprint density at radius 3 is 2.40 bits per heavy atom. The van der Waals surface area contributed by atoms with E-state index in [1.54, 1.807) is 12.8 Å². The molecule has 0 N–H and O–H groups in total. The summed E-state index contributed by atoms with van der Waals surface area (Å²) < 4.78 is 0. The van der Waals surface area contributed by atoms with Gasteiger partial charge in [-0.15, -0.1) is 0 Å². The van der Waals surface area contributed by atoms with Crippen LogP contribution in [-0.2, 0) is 0 Å². The van der Waals surface area contributed by atoms with Gasteiger partial charge in [0.15, 0.2) is 0 Å². The van der Waals surface area contributed by atoms with Crippen molar-refractivity contribution in [2.24, 2.45) is 34.5 Å². The van der Waals surface area contributed by atoms with Crippen LogP contribution < -0.4 is 0 Å². The molecule has 3 aliphatic carbocycles. The van der Waals surface area contributed by atoms with Crippen molar-refractivity contribution in [1.82, 2.24) is 0 Å². The van der Waals surface area contributed by atoms with Gasteiger partial charge in [0.05, 0.1) is 0 Å². The molecule has 0 aliphatic heterocycles. The molecule has 5 unspecified atom stereocenters. The topological polar surface area (TPSA) is 0 Å². The molecule has 0 saturated heterocycles. The smallest absolute Gasteiger partial charge is 0.0266 e. The first-order chi connectivity index (χ1) is 9.41. The van der Waals surface area contributed by atoms with Gasteiger partial charge in [0, 0.05) is 0 Å². The molecule has 0 nitrogen and oxygen atoms in total. The molecule has 0 aromatic rings. The summed E-state index contributed by atoms with van der Waals surface area (Å²) in [6, 6.07) is 0. The van der Waals surface area contributed by atoms with Gasteiger partial charge in [0.2, 0.25) is 0 Å². The average molecular weight is 277 g/mol. The predicted molar refractivity (Wildman–Crippen MR) is 87.7 cm³/mol. The Balaban J connectivity index is 1.80. The maximum Gasteiger partial charge on any atom is -0.0266 e. The van der Waals surface area contributed by atoms with Crippen molar-refractivity contribution in [1.29, 1.82) is 0 Å². The van der Waals surface area contributed by atoms with E-state index in [1.165, 1.54) is 51.4 Å². The van der Waals surface area contributed by atoms with Crippen LogP contribution in [0.1, 0.15) is 91.9 Å². The molecule has 3 saturated carbocycles. The minimum absolute atomic E-state index is 0.607. The lowest BCUT2D eigenvalue weighted by Gasteiger charge is -2.56. The van der Waals surface area contributed by atoms with Crippen LogP contribution in [0.15, 0.2) is 0 Å². The Morgan fingerprint density at radius 2 is 1.60 bits per heavy atom. The highest BCUT2D eigenvalue weighted by Gasteiger charge is 2.50. The molecule has 0 amide bonds. The van der Waals surface area contributed by atoms with Gasteiger partial charge in [-0.2, -0.15) is 0 Å². The van der Waals surface area contributed by atoms with E-state index in [1.807, 2.05) is 0 Å². The molecule has 0 heterocycles. The van der Waals surface area contributed by atoms with Crippen molar-refractivity contribution in [3.63, 3.8) is 0 Å². The van der Waals surface area contributed by atoms with Gasteiger partial charge in [0.1, 0.15) is 0 Å². The van der Waals surface area contributed by atoms with E-state index in [9.17, 15) is 0 Å². The zero-order valence-corrected chi connectivity index (χ0v) is 14.4. The predicted octanol–water partition coefficient (Wildman–Crippen LogP) is 6.45. The van der Waals surface area contributed by atoms with Crippen molar-refractivity contribution in [3.05, 3.63) is 0 Å². The zero-order valence-electron chi connectivity index (χ0n) is 14.4. The zero-order chi connectivity index (χ0) is 14.4. The summed E-state index contributed by atoms with van der Waals surface area (Å²) >= 11 is 0. The van der Waals surface area contributed by atoms with E-state index in [0.717, 1.165) is 23.7 Å². The van der Waals surface area contributed by atoms with Gasteiger partial charge in [-0.05, 0) is 79.4 Å². The molecule has 0 radical (unpaired) electrons. The lowest BCUT2D eigenvalue weighted by atomic mass is 9.49. The largest absolute Gasteiger partial charge is 0.0625 e. The Hall–Kier alpha value is 0. The summed E-state index contributed by atoms with van der Waals surface area (Å²) in [5.74, 6) is 4.17. The molecule has 3 rings (SSSR count). The molecular formula is C20H36. The fourth-order valence-electron chi connectivity index (χ4n) is 6.15. The minimum atomic E-state index is 0.607. The summed E-state index contributed by atoms with van der Waals surface area (Å²) in [5.41, 5.74) is 1.30. The molecular weight excluding hydrogens is 240 g/mol. The first-order valence-electron chi connectivity index (χ1n) is 9.41. The highest BCUT2D eigenvalue weighted by atomic mass is 14.5. The van der Waals surface area contributed by atoms with Crippen LogP contribution in [0.4, 0.5) is 0 Å². The third kappa shape index (κ3) is 2.69. The van der Waals surface area contributed by atoms with Crippen LogP contribution in [0, 0.1) is 34.5 Å². The normalized spacial score (nSPS) is 48.6. The second-order valence-corrected chi connectivity index (χ2v) is 9.62. The van der Waals surface area contributed by atoms with Gasteiger partial charge in [-0.3, -0.25) is 0 Å². The van der Waals surface area contributed by atoms with Crippen LogP contribution in [0.25, 0.3) is 0 Å². The fraction of sp³-hybridized carbons (Fsp3) is 1.00. The SMILES string of the molecule is CC1CCC2(C)C(CCC3CCCC(C)(C)CCC32)C1. The Labute approximate surface area is 127 Å². The molecule has 116 valence electrons. The molecule has 0 aromatic heterocycles. The Bertz CT molecular complexity index is 342. The highest BCUT2D eigenvalue weighted by molar-refractivity contribution is 5.00. The Kier molecular flexibility index (Phi) is 3.97. The van der Waals surface area contributed by atoms with Crippen molar-refractivity contribution in [3.8, 4) is 0 Å². The first kappa shape index (κ1) is 14.9. The second kappa shape index (κ2) is 5.33. The Morgan fingerprint density at radius 1 is 0.800 bits per heavy atom. The molecule has 0 spiro atoms. The van der Waals surface area contributed by atoms with Crippen molar-refractivity contribution < 1.29 is 0 Å². The van der Waals surface area contributed by atoms with E-state index in [0.29, 0.717) is 10.8 Å². The van der Waals surface area contributed by atoms with Gasteiger partial charge >= 0.3 is 0 Å². The molecule has 3 aliphatic rings.